The highest BCUT2D eigenvalue weighted by atomic mass is 16.5. The van der Waals surface area contributed by atoms with Gasteiger partial charge in [-0.05, 0) is 31.2 Å². The zero-order valence-corrected chi connectivity index (χ0v) is 11.2. The van der Waals surface area contributed by atoms with E-state index in [-0.39, 0.29) is 5.78 Å². The first-order valence-corrected chi connectivity index (χ1v) is 5.72. The van der Waals surface area contributed by atoms with Crippen molar-refractivity contribution in [2.45, 2.75) is 13.0 Å². The van der Waals surface area contributed by atoms with Crippen molar-refractivity contribution in [2.75, 3.05) is 21.2 Å². The van der Waals surface area contributed by atoms with Gasteiger partial charge in [-0.3, -0.25) is 4.79 Å². The van der Waals surface area contributed by atoms with Crippen LogP contribution in [-0.4, -0.2) is 38.0 Å². The zero-order valence-electron chi connectivity index (χ0n) is 11.2. The number of rotatable bonds is 6. The van der Waals surface area contributed by atoms with Gasteiger partial charge < -0.3 is 14.4 Å². The van der Waals surface area contributed by atoms with Gasteiger partial charge in [0, 0.05) is 26.4 Å². The maximum absolute atomic E-state index is 11.7. The smallest absolute Gasteiger partial charge is 0.197 e. The average molecular weight is 249 g/mol. The Hall–Kier alpha value is -1.97. The van der Waals surface area contributed by atoms with E-state index in [2.05, 4.69) is 0 Å². The van der Waals surface area contributed by atoms with Crippen molar-refractivity contribution < 1.29 is 14.3 Å². The maximum atomic E-state index is 11.7. The molecular formula is C14H19NO3. The summed E-state index contributed by atoms with van der Waals surface area (Å²) in [7, 11) is 5.33. The van der Waals surface area contributed by atoms with Crippen LogP contribution in [0, 0.1) is 0 Å². The first kappa shape index (κ1) is 14.1. The lowest BCUT2D eigenvalue weighted by Crippen LogP contribution is -2.22. The van der Waals surface area contributed by atoms with Crippen LogP contribution in [0.3, 0.4) is 0 Å². The van der Waals surface area contributed by atoms with Crippen molar-refractivity contribution in [1.29, 1.82) is 0 Å². The van der Waals surface area contributed by atoms with Crippen LogP contribution < -0.4 is 9.47 Å². The minimum atomic E-state index is -0.505. The first-order chi connectivity index (χ1) is 8.52. The molecule has 0 fully saturated rings. The fourth-order valence-corrected chi connectivity index (χ4v) is 1.27. The fourth-order valence-electron chi connectivity index (χ4n) is 1.27. The Morgan fingerprint density at radius 2 is 1.78 bits per heavy atom. The molecule has 4 heteroatoms. The molecule has 1 atom stereocenters. The van der Waals surface area contributed by atoms with Gasteiger partial charge in [-0.2, -0.15) is 0 Å². The van der Waals surface area contributed by atoms with E-state index in [1.54, 1.807) is 49.4 Å². The third kappa shape index (κ3) is 4.49. The maximum Gasteiger partial charge on any atom is 0.197 e. The molecule has 0 N–H and O–H groups in total. The number of hydrogen-bond acceptors (Lipinski definition) is 4. The molecule has 1 rings (SSSR count). The number of hydrogen-bond donors (Lipinski definition) is 0. The van der Waals surface area contributed by atoms with Crippen molar-refractivity contribution in [2.24, 2.45) is 0 Å². The molecule has 0 radical (unpaired) electrons. The number of nitrogens with zero attached hydrogens (tertiary/aromatic N) is 1. The van der Waals surface area contributed by atoms with Crippen LogP contribution >= 0.6 is 0 Å². The van der Waals surface area contributed by atoms with Crippen LogP contribution in [0.2, 0.25) is 0 Å². The molecule has 0 aliphatic rings. The van der Waals surface area contributed by atoms with Gasteiger partial charge >= 0.3 is 0 Å². The number of methoxy groups -OCH3 is 1. The van der Waals surface area contributed by atoms with Gasteiger partial charge in [-0.1, -0.05) is 0 Å². The quantitative estimate of drug-likeness (QED) is 0.724. The molecule has 0 bridgehead atoms. The van der Waals surface area contributed by atoms with Crippen LogP contribution in [0.15, 0.2) is 36.5 Å². The van der Waals surface area contributed by atoms with E-state index in [1.807, 2.05) is 14.1 Å². The number of benzene rings is 1. The Kier molecular flexibility index (Phi) is 5.24. The summed E-state index contributed by atoms with van der Waals surface area (Å²) in [5.74, 6) is 1.34. The zero-order chi connectivity index (χ0) is 13.5. The van der Waals surface area contributed by atoms with Gasteiger partial charge in [0.2, 0.25) is 0 Å². The van der Waals surface area contributed by atoms with E-state index < -0.39 is 6.10 Å². The number of ether oxygens (including phenoxy) is 2. The topological polar surface area (TPSA) is 38.8 Å². The highest BCUT2D eigenvalue weighted by Crippen LogP contribution is 2.18. The third-order valence-electron chi connectivity index (χ3n) is 2.31. The van der Waals surface area contributed by atoms with Gasteiger partial charge in [-0.25, -0.2) is 0 Å². The molecule has 1 aromatic carbocycles. The molecular weight excluding hydrogens is 230 g/mol. The molecule has 0 amide bonds. The summed E-state index contributed by atoms with van der Waals surface area (Å²) in [4.78, 5) is 13.5. The van der Waals surface area contributed by atoms with Gasteiger partial charge in [0.05, 0.1) is 7.11 Å². The van der Waals surface area contributed by atoms with E-state index in [4.69, 9.17) is 9.47 Å². The largest absolute Gasteiger partial charge is 0.497 e. The summed E-state index contributed by atoms with van der Waals surface area (Å²) in [6.45, 7) is 1.73. The minimum absolute atomic E-state index is 0.0699. The highest BCUT2D eigenvalue weighted by molar-refractivity contribution is 5.93. The van der Waals surface area contributed by atoms with Crippen LogP contribution in [0.25, 0.3) is 0 Å². The average Bonchev–Trinajstić information content (AvgIpc) is 2.36. The molecule has 1 aromatic rings. The fraction of sp³-hybridized carbons (Fsp3) is 0.357. The van der Waals surface area contributed by atoms with Crippen LogP contribution in [0.5, 0.6) is 11.5 Å². The molecule has 0 aliphatic carbocycles. The molecule has 0 saturated heterocycles. The molecule has 0 spiro atoms. The minimum Gasteiger partial charge on any atom is -0.497 e. The second-order valence-corrected chi connectivity index (χ2v) is 4.12. The Labute approximate surface area is 108 Å². The molecule has 0 heterocycles. The summed E-state index contributed by atoms with van der Waals surface area (Å²) in [6, 6.07) is 7.14. The summed E-state index contributed by atoms with van der Waals surface area (Å²) in [5, 5.41) is 0. The summed E-state index contributed by atoms with van der Waals surface area (Å²) in [5.41, 5.74) is 0. The SMILES string of the molecule is COc1ccc(OC(C)C(=O)C=CN(C)C)cc1. The Bertz CT molecular complexity index is 410. The second-order valence-electron chi connectivity index (χ2n) is 4.12. The van der Waals surface area contributed by atoms with Crippen molar-refractivity contribution in [3.8, 4) is 11.5 Å². The van der Waals surface area contributed by atoms with Crippen LogP contribution in [0.1, 0.15) is 6.92 Å². The molecule has 98 valence electrons. The van der Waals surface area contributed by atoms with E-state index in [0.29, 0.717) is 5.75 Å². The van der Waals surface area contributed by atoms with Crippen molar-refractivity contribution in [1.82, 2.24) is 4.90 Å². The number of carbonyl (C=O) groups excluding carboxylic acids is 1. The Morgan fingerprint density at radius 3 is 2.28 bits per heavy atom. The van der Waals surface area contributed by atoms with E-state index in [1.165, 1.54) is 6.08 Å². The van der Waals surface area contributed by atoms with Gasteiger partial charge in [0.25, 0.3) is 0 Å². The molecule has 18 heavy (non-hydrogen) atoms. The predicted octanol–water partition coefficient (Wildman–Crippen LogP) is 2.11. The lowest BCUT2D eigenvalue weighted by atomic mass is 10.2. The Morgan fingerprint density at radius 1 is 1.22 bits per heavy atom. The van der Waals surface area contributed by atoms with Gasteiger partial charge in [-0.15, -0.1) is 0 Å². The Balaban J connectivity index is 2.57. The molecule has 4 nitrogen and oxygen atoms in total. The number of ketones is 1. The van der Waals surface area contributed by atoms with E-state index in [9.17, 15) is 4.79 Å². The molecule has 0 aromatic heterocycles. The lowest BCUT2D eigenvalue weighted by molar-refractivity contribution is -0.120. The highest BCUT2D eigenvalue weighted by Gasteiger charge is 2.11. The standard InChI is InChI=1S/C14H19NO3/c1-11(14(16)9-10-15(2)3)18-13-7-5-12(17-4)6-8-13/h5-11H,1-4H3. The molecule has 1 unspecified atom stereocenters. The van der Waals surface area contributed by atoms with Gasteiger partial charge in [0.15, 0.2) is 11.9 Å². The monoisotopic (exact) mass is 249 g/mol. The first-order valence-electron chi connectivity index (χ1n) is 5.72. The molecule has 0 aliphatic heterocycles. The third-order valence-corrected chi connectivity index (χ3v) is 2.31. The lowest BCUT2D eigenvalue weighted by Gasteiger charge is -2.12. The van der Waals surface area contributed by atoms with E-state index >= 15 is 0 Å². The van der Waals surface area contributed by atoms with Crippen molar-refractivity contribution >= 4 is 5.78 Å². The van der Waals surface area contributed by atoms with Crippen molar-refractivity contribution in [3.05, 3.63) is 36.5 Å². The molecule has 0 saturated carbocycles. The summed E-state index contributed by atoms with van der Waals surface area (Å²) < 4.78 is 10.6. The second kappa shape index (κ2) is 6.69. The van der Waals surface area contributed by atoms with Crippen molar-refractivity contribution in [3.63, 3.8) is 0 Å². The summed E-state index contributed by atoms with van der Waals surface area (Å²) >= 11 is 0. The predicted molar refractivity (Wildman–Crippen MR) is 70.9 cm³/mol. The summed E-state index contributed by atoms with van der Waals surface area (Å²) in [6.07, 6.45) is 2.71. The van der Waals surface area contributed by atoms with Crippen LogP contribution in [-0.2, 0) is 4.79 Å². The van der Waals surface area contributed by atoms with E-state index in [0.717, 1.165) is 5.75 Å². The van der Waals surface area contributed by atoms with Gasteiger partial charge in [0.1, 0.15) is 11.5 Å². The van der Waals surface area contributed by atoms with Crippen LogP contribution in [0.4, 0.5) is 0 Å². The number of carbonyl (C=O) groups is 1. The normalized spacial score (nSPS) is 12.2.